The maximum atomic E-state index is 13.8. The van der Waals surface area contributed by atoms with Crippen LogP contribution in [0.5, 0.6) is 0 Å². The van der Waals surface area contributed by atoms with Gasteiger partial charge in [-0.05, 0) is 42.1 Å². The summed E-state index contributed by atoms with van der Waals surface area (Å²) < 4.78 is 13.8. The average Bonchev–Trinajstić information content (AvgIpc) is 2.40. The summed E-state index contributed by atoms with van der Waals surface area (Å²) in [5.41, 5.74) is 1.59. The van der Waals surface area contributed by atoms with Crippen molar-refractivity contribution in [3.63, 3.8) is 0 Å². The van der Waals surface area contributed by atoms with Crippen LogP contribution in [-0.4, -0.2) is 23.6 Å². The molecule has 0 unspecified atom stereocenters. The molecule has 3 nitrogen and oxygen atoms in total. The van der Waals surface area contributed by atoms with Crippen LogP contribution in [0.3, 0.4) is 0 Å². The van der Waals surface area contributed by atoms with Gasteiger partial charge in [-0.3, -0.25) is 9.59 Å². The Bertz CT molecular complexity index is 534. The van der Waals surface area contributed by atoms with Crippen LogP contribution in [0.2, 0.25) is 0 Å². The maximum Gasteiger partial charge on any atom is 0.241 e. The average molecular weight is 304 g/mol. The molecule has 0 atom stereocenters. The van der Waals surface area contributed by atoms with Crippen molar-refractivity contribution in [3.8, 4) is 0 Å². The lowest BCUT2D eigenvalue weighted by Gasteiger charge is -2.30. The molecule has 1 heterocycles. The molecule has 0 saturated carbocycles. The molecule has 0 spiro atoms. The number of hydrogen-bond donors (Lipinski definition) is 0. The van der Waals surface area contributed by atoms with Gasteiger partial charge in [-0.1, -0.05) is 0 Å². The monoisotopic (exact) mass is 303 g/mol. The van der Waals surface area contributed by atoms with E-state index in [0.717, 1.165) is 0 Å². The minimum atomic E-state index is -0.618. The van der Waals surface area contributed by atoms with Crippen molar-refractivity contribution >= 4 is 40.0 Å². The zero-order chi connectivity index (χ0) is 14.0. The van der Waals surface area contributed by atoms with E-state index >= 15 is 0 Å². The van der Waals surface area contributed by atoms with Gasteiger partial charge in [-0.15, -0.1) is 11.6 Å². The molecular weight excluding hydrogens is 292 g/mol. The number of benzene rings is 1. The van der Waals surface area contributed by atoms with Crippen LogP contribution in [0, 0.1) is 5.82 Å². The first-order valence-corrected chi connectivity index (χ1v) is 6.80. The molecule has 2 rings (SSSR count). The van der Waals surface area contributed by atoms with E-state index in [1.807, 2.05) is 0 Å². The number of amides is 1. The minimum Gasteiger partial charge on any atom is -0.311 e. The van der Waals surface area contributed by atoms with Crippen molar-refractivity contribution in [2.24, 2.45) is 0 Å². The van der Waals surface area contributed by atoms with Crippen LogP contribution in [0.4, 0.5) is 10.1 Å². The third-order valence-electron chi connectivity index (χ3n) is 3.18. The second kappa shape index (κ2) is 5.88. The Morgan fingerprint density at radius 3 is 2.74 bits per heavy atom. The predicted molar refractivity (Wildman–Crippen MR) is 72.4 cm³/mol. The molecule has 0 radical (unpaired) electrons. The normalized spacial score (nSPS) is 14.2. The van der Waals surface area contributed by atoms with Crippen molar-refractivity contribution in [3.05, 3.63) is 29.1 Å². The summed E-state index contributed by atoms with van der Waals surface area (Å²) in [5, 5.41) is -0.618. The first kappa shape index (κ1) is 14.3. The van der Waals surface area contributed by atoms with Gasteiger partial charge in [0.25, 0.3) is 0 Å². The van der Waals surface area contributed by atoms with Crippen molar-refractivity contribution < 1.29 is 14.0 Å². The summed E-state index contributed by atoms with van der Waals surface area (Å²) in [5.74, 6) is -0.814. The quantitative estimate of drug-likeness (QED) is 0.636. The molecule has 1 aliphatic rings. The van der Waals surface area contributed by atoms with E-state index in [9.17, 15) is 14.0 Å². The van der Waals surface area contributed by atoms with E-state index < -0.39 is 11.1 Å². The molecule has 0 aliphatic carbocycles. The lowest BCUT2D eigenvalue weighted by atomic mass is 9.94. The molecule has 0 bridgehead atoms. The summed E-state index contributed by atoms with van der Waals surface area (Å²) in [6.07, 6.45) is 1.17. The largest absolute Gasteiger partial charge is 0.311 e. The van der Waals surface area contributed by atoms with Crippen LogP contribution < -0.4 is 4.90 Å². The Morgan fingerprint density at radius 2 is 2.11 bits per heavy atom. The van der Waals surface area contributed by atoms with Crippen LogP contribution in [0.1, 0.15) is 17.5 Å². The molecule has 6 heteroatoms. The molecule has 0 aromatic heterocycles. The van der Waals surface area contributed by atoms with Gasteiger partial charge in [0.05, 0.1) is 6.42 Å². The van der Waals surface area contributed by atoms with E-state index in [2.05, 4.69) is 0 Å². The number of carbonyl (C=O) groups excluding carboxylic acids is 2. The highest BCUT2D eigenvalue weighted by Gasteiger charge is 2.25. The van der Waals surface area contributed by atoms with Gasteiger partial charge in [-0.25, -0.2) is 4.39 Å². The standard InChI is InChI=1S/C13H12Cl2FNO2/c14-7-13(19)17-5-1-2-8-9(6-12(15)18)10(16)3-4-11(8)17/h3-4H,1-2,5-7H2. The molecule has 0 fully saturated rings. The summed E-state index contributed by atoms with van der Waals surface area (Å²) in [4.78, 5) is 24.3. The number of carbonyl (C=O) groups is 2. The minimum absolute atomic E-state index is 0.124. The van der Waals surface area contributed by atoms with Gasteiger partial charge in [-0.2, -0.15) is 0 Å². The van der Waals surface area contributed by atoms with Gasteiger partial charge in [0.1, 0.15) is 11.7 Å². The SMILES string of the molecule is O=C(Cl)Cc1c(F)ccc2c1CCCN2C(=O)CCl. The molecule has 1 aromatic carbocycles. The van der Waals surface area contributed by atoms with Crippen LogP contribution in [-0.2, 0) is 22.4 Å². The topological polar surface area (TPSA) is 37.4 Å². The number of rotatable bonds is 3. The second-order valence-electron chi connectivity index (χ2n) is 4.34. The van der Waals surface area contributed by atoms with E-state index in [-0.39, 0.29) is 23.8 Å². The zero-order valence-electron chi connectivity index (χ0n) is 10.1. The first-order chi connectivity index (χ1) is 9.04. The second-order valence-corrected chi connectivity index (χ2v) is 5.03. The number of alkyl halides is 1. The van der Waals surface area contributed by atoms with E-state index in [1.54, 1.807) is 6.07 Å². The molecular formula is C13H12Cl2FNO2. The zero-order valence-corrected chi connectivity index (χ0v) is 11.6. The van der Waals surface area contributed by atoms with Crippen LogP contribution in [0.15, 0.2) is 12.1 Å². The van der Waals surface area contributed by atoms with Crippen LogP contribution in [0.25, 0.3) is 0 Å². The van der Waals surface area contributed by atoms with Gasteiger partial charge in [0.2, 0.25) is 11.1 Å². The van der Waals surface area contributed by atoms with Crippen molar-refractivity contribution in [2.75, 3.05) is 17.3 Å². The smallest absolute Gasteiger partial charge is 0.241 e. The Balaban J connectivity index is 2.48. The van der Waals surface area contributed by atoms with E-state index in [4.69, 9.17) is 23.2 Å². The molecule has 0 saturated heterocycles. The highest BCUT2D eigenvalue weighted by molar-refractivity contribution is 6.63. The summed E-state index contributed by atoms with van der Waals surface area (Å²) in [7, 11) is 0. The van der Waals surface area contributed by atoms with Gasteiger partial charge in [0.15, 0.2) is 0 Å². The Hall–Kier alpha value is -1.13. The first-order valence-electron chi connectivity index (χ1n) is 5.89. The molecule has 102 valence electrons. The number of hydrogen-bond acceptors (Lipinski definition) is 2. The fourth-order valence-electron chi connectivity index (χ4n) is 2.38. The molecule has 1 aromatic rings. The maximum absolute atomic E-state index is 13.8. The van der Waals surface area contributed by atoms with Crippen molar-refractivity contribution in [2.45, 2.75) is 19.3 Å². The van der Waals surface area contributed by atoms with Crippen molar-refractivity contribution in [1.82, 2.24) is 0 Å². The Labute approximate surface area is 120 Å². The molecule has 1 aliphatic heterocycles. The summed E-state index contributed by atoms with van der Waals surface area (Å²) in [6.45, 7) is 0.554. The number of halogens is 3. The van der Waals surface area contributed by atoms with Crippen molar-refractivity contribution in [1.29, 1.82) is 0 Å². The summed E-state index contributed by atoms with van der Waals surface area (Å²) in [6, 6.07) is 2.81. The van der Waals surface area contributed by atoms with Gasteiger partial charge < -0.3 is 4.90 Å². The van der Waals surface area contributed by atoms with E-state index in [1.165, 1.54) is 11.0 Å². The Morgan fingerprint density at radius 1 is 1.37 bits per heavy atom. The number of anilines is 1. The number of fused-ring (bicyclic) bond motifs is 1. The fourth-order valence-corrected chi connectivity index (χ4v) is 2.66. The summed E-state index contributed by atoms with van der Waals surface area (Å²) >= 11 is 10.9. The lowest BCUT2D eigenvalue weighted by Crippen LogP contribution is -2.36. The fraction of sp³-hybridized carbons (Fsp3) is 0.385. The predicted octanol–water partition coefficient (Wildman–Crippen LogP) is 2.65. The van der Waals surface area contributed by atoms with Crippen LogP contribution >= 0.6 is 23.2 Å². The molecule has 0 N–H and O–H groups in total. The third-order valence-corrected chi connectivity index (χ3v) is 3.54. The number of nitrogens with zero attached hydrogens (tertiary/aromatic N) is 1. The lowest BCUT2D eigenvalue weighted by molar-refractivity contribution is -0.116. The van der Waals surface area contributed by atoms with Gasteiger partial charge in [0, 0.05) is 17.8 Å². The molecule has 1 amide bonds. The third kappa shape index (κ3) is 2.90. The highest BCUT2D eigenvalue weighted by Crippen LogP contribution is 2.32. The highest BCUT2D eigenvalue weighted by atomic mass is 35.5. The van der Waals surface area contributed by atoms with Gasteiger partial charge >= 0.3 is 0 Å². The Kier molecular flexibility index (Phi) is 4.42. The van der Waals surface area contributed by atoms with E-state index in [0.29, 0.717) is 30.6 Å². The molecule has 19 heavy (non-hydrogen) atoms.